The fourth-order valence-electron chi connectivity index (χ4n) is 0.680. The van der Waals surface area contributed by atoms with Crippen molar-refractivity contribution in [2.75, 3.05) is 0 Å². The topological polar surface area (TPSA) is 20.2 Å². The van der Waals surface area contributed by atoms with Crippen LogP contribution in [0.3, 0.4) is 0 Å². The van der Waals surface area contributed by atoms with Gasteiger partial charge in [-0.15, -0.1) is 5.92 Å². The molecule has 0 saturated carbocycles. The molecule has 1 N–H and O–H groups in total. The Morgan fingerprint density at radius 2 is 1.73 bits per heavy atom. The minimum atomic E-state index is -5.77. The Morgan fingerprint density at radius 3 is 2.13 bits per heavy atom. The summed E-state index contributed by atoms with van der Waals surface area (Å²) in [4.78, 5) is 0. The molecule has 0 fully saturated rings. The maximum atomic E-state index is 12.4. The number of aliphatic hydroxyl groups excluding tert-OH is 1. The van der Waals surface area contributed by atoms with Gasteiger partial charge in [-0.25, -0.2) is 0 Å². The van der Waals surface area contributed by atoms with Crippen molar-refractivity contribution in [1.29, 1.82) is 0 Å². The molecule has 6 heteroatoms. The van der Waals surface area contributed by atoms with E-state index < -0.39 is 18.2 Å². The first-order valence-corrected chi connectivity index (χ1v) is 4.34. The van der Waals surface area contributed by atoms with Crippen LogP contribution in [0.15, 0.2) is 0 Å². The van der Waals surface area contributed by atoms with Gasteiger partial charge in [-0.05, 0) is 6.42 Å². The lowest BCUT2D eigenvalue weighted by molar-refractivity contribution is -0.304. The molecule has 0 spiro atoms. The van der Waals surface area contributed by atoms with Crippen LogP contribution in [0.4, 0.5) is 22.0 Å². The van der Waals surface area contributed by atoms with E-state index in [2.05, 4.69) is 5.92 Å². The van der Waals surface area contributed by atoms with E-state index in [1.807, 2.05) is 6.92 Å². The number of rotatable bonds is 3. The average molecular weight is 230 g/mol. The van der Waals surface area contributed by atoms with E-state index in [0.29, 0.717) is 6.42 Å². The van der Waals surface area contributed by atoms with E-state index in [-0.39, 0.29) is 6.42 Å². The quantitative estimate of drug-likeness (QED) is 0.449. The molecule has 0 saturated heterocycles. The number of unbranched alkanes of at least 4 members (excludes halogenated alkanes) is 2. The van der Waals surface area contributed by atoms with Gasteiger partial charge in [0.1, 0.15) is 0 Å². The van der Waals surface area contributed by atoms with Crippen LogP contribution in [0, 0.1) is 11.8 Å². The first-order valence-electron chi connectivity index (χ1n) is 4.34. The summed E-state index contributed by atoms with van der Waals surface area (Å²) in [6.07, 6.45) is -7.22. The van der Waals surface area contributed by atoms with Crippen LogP contribution in [0.25, 0.3) is 0 Å². The summed E-state index contributed by atoms with van der Waals surface area (Å²) >= 11 is 0. The number of hydrogen-bond donors (Lipinski definition) is 1. The van der Waals surface area contributed by atoms with Crippen molar-refractivity contribution < 1.29 is 27.1 Å². The number of halogens is 5. The molecular formula is C9H11F5O. The van der Waals surface area contributed by atoms with Gasteiger partial charge >= 0.3 is 12.1 Å². The van der Waals surface area contributed by atoms with Gasteiger partial charge in [0.2, 0.25) is 0 Å². The normalized spacial score (nSPS) is 14.3. The Hall–Kier alpha value is -0.830. The minimum absolute atomic E-state index is 0.196. The van der Waals surface area contributed by atoms with Crippen molar-refractivity contribution in [3.63, 3.8) is 0 Å². The molecule has 1 unspecified atom stereocenters. The lowest BCUT2D eigenvalue weighted by atomic mass is 10.1. The summed E-state index contributed by atoms with van der Waals surface area (Å²) in [6, 6.07) is 0. The standard InChI is InChI=1S/C9H11F5O/c1-2-3-4-5-6-7(15)8(10,11)9(12,13)14/h7,15H,2-4H2,1H3. The molecule has 15 heavy (non-hydrogen) atoms. The van der Waals surface area contributed by atoms with Gasteiger partial charge in [0.15, 0.2) is 6.10 Å². The zero-order valence-corrected chi connectivity index (χ0v) is 8.04. The van der Waals surface area contributed by atoms with Crippen molar-refractivity contribution >= 4 is 0 Å². The Labute approximate surface area is 84.3 Å². The molecule has 0 aliphatic carbocycles. The molecule has 1 nitrogen and oxygen atoms in total. The summed E-state index contributed by atoms with van der Waals surface area (Å²) in [7, 11) is 0. The van der Waals surface area contributed by atoms with Gasteiger partial charge in [-0.1, -0.05) is 19.3 Å². The van der Waals surface area contributed by atoms with Gasteiger partial charge in [0, 0.05) is 6.42 Å². The fraction of sp³-hybridized carbons (Fsp3) is 0.778. The van der Waals surface area contributed by atoms with Gasteiger partial charge in [-0.2, -0.15) is 22.0 Å². The minimum Gasteiger partial charge on any atom is -0.374 e. The zero-order valence-electron chi connectivity index (χ0n) is 8.04. The second-order valence-electron chi connectivity index (χ2n) is 2.95. The van der Waals surface area contributed by atoms with Crippen LogP contribution >= 0.6 is 0 Å². The number of aliphatic hydroxyl groups is 1. The Balaban J connectivity index is 4.41. The molecule has 0 aliphatic heterocycles. The Morgan fingerprint density at radius 1 is 1.20 bits per heavy atom. The maximum absolute atomic E-state index is 12.4. The lowest BCUT2D eigenvalue weighted by Crippen LogP contribution is -2.46. The summed E-state index contributed by atoms with van der Waals surface area (Å²) in [5.74, 6) is -1.59. The van der Waals surface area contributed by atoms with Gasteiger partial charge in [0.05, 0.1) is 0 Å². The van der Waals surface area contributed by atoms with Crippen LogP contribution in [0.5, 0.6) is 0 Å². The van der Waals surface area contributed by atoms with Crippen LogP contribution < -0.4 is 0 Å². The van der Waals surface area contributed by atoms with Crippen molar-refractivity contribution in [2.24, 2.45) is 0 Å². The molecule has 0 aliphatic rings. The molecule has 0 heterocycles. The highest BCUT2D eigenvalue weighted by Gasteiger charge is 2.62. The lowest BCUT2D eigenvalue weighted by Gasteiger charge is -2.21. The van der Waals surface area contributed by atoms with Crippen molar-refractivity contribution in [2.45, 2.75) is 44.4 Å². The predicted molar refractivity (Wildman–Crippen MR) is 44.3 cm³/mol. The van der Waals surface area contributed by atoms with E-state index in [4.69, 9.17) is 5.11 Å². The Bertz CT molecular complexity index is 247. The monoisotopic (exact) mass is 230 g/mol. The van der Waals surface area contributed by atoms with Crippen LogP contribution in [0.1, 0.15) is 26.2 Å². The van der Waals surface area contributed by atoms with E-state index in [1.54, 1.807) is 0 Å². The van der Waals surface area contributed by atoms with Crippen molar-refractivity contribution in [3.05, 3.63) is 0 Å². The summed E-state index contributed by atoms with van der Waals surface area (Å²) in [6.45, 7) is 1.82. The van der Waals surface area contributed by atoms with E-state index in [9.17, 15) is 22.0 Å². The van der Waals surface area contributed by atoms with Crippen molar-refractivity contribution in [1.82, 2.24) is 0 Å². The van der Waals surface area contributed by atoms with Gasteiger partial charge in [-0.3, -0.25) is 0 Å². The molecule has 1 atom stereocenters. The molecule has 0 rings (SSSR count). The smallest absolute Gasteiger partial charge is 0.374 e. The summed E-state index contributed by atoms with van der Waals surface area (Å²) < 4.78 is 59.8. The van der Waals surface area contributed by atoms with E-state index >= 15 is 0 Å². The largest absolute Gasteiger partial charge is 0.457 e. The second-order valence-corrected chi connectivity index (χ2v) is 2.95. The van der Waals surface area contributed by atoms with Crippen LogP contribution in [0.2, 0.25) is 0 Å². The molecule has 0 aromatic heterocycles. The number of hydrogen-bond acceptors (Lipinski definition) is 1. The molecule has 0 radical (unpaired) electrons. The van der Waals surface area contributed by atoms with E-state index in [1.165, 1.54) is 5.92 Å². The molecule has 88 valence electrons. The molecule has 0 aromatic rings. The Kier molecular flexibility index (Phi) is 5.01. The first kappa shape index (κ1) is 14.2. The first-order chi connectivity index (χ1) is 6.73. The van der Waals surface area contributed by atoms with Crippen molar-refractivity contribution in [3.8, 4) is 11.8 Å². The third kappa shape index (κ3) is 4.04. The van der Waals surface area contributed by atoms with Gasteiger partial charge < -0.3 is 5.11 Å². The zero-order chi connectivity index (χ0) is 12.1. The third-order valence-electron chi connectivity index (χ3n) is 1.62. The highest BCUT2D eigenvalue weighted by Crippen LogP contribution is 2.37. The summed E-state index contributed by atoms with van der Waals surface area (Å²) in [5, 5.41) is 8.57. The van der Waals surface area contributed by atoms with Gasteiger partial charge in [0.25, 0.3) is 0 Å². The predicted octanol–water partition coefficient (Wildman–Crippen LogP) is 2.74. The summed E-state index contributed by atoms with van der Waals surface area (Å²) in [5.41, 5.74) is 0. The highest BCUT2D eigenvalue weighted by atomic mass is 19.4. The van der Waals surface area contributed by atoms with E-state index in [0.717, 1.165) is 6.42 Å². The third-order valence-corrected chi connectivity index (χ3v) is 1.62. The average Bonchev–Trinajstić information content (AvgIpc) is 2.10. The fourth-order valence-corrected chi connectivity index (χ4v) is 0.680. The van der Waals surface area contributed by atoms with Crippen LogP contribution in [-0.2, 0) is 0 Å². The second kappa shape index (κ2) is 5.31. The molecule has 0 bridgehead atoms. The van der Waals surface area contributed by atoms with Crippen LogP contribution in [-0.4, -0.2) is 23.3 Å². The molecule has 0 amide bonds. The molecular weight excluding hydrogens is 219 g/mol. The number of alkyl halides is 5. The molecule has 0 aromatic carbocycles. The highest BCUT2D eigenvalue weighted by molar-refractivity contribution is 5.10. The maximum Gasteiger partial charge on any atom is 0.457 e. The SMILES string of the molecule is CCCCC#CC(O)C(F)(F)C(F)(F)F.